The third-order valence-corrected chi connectivity index (χ3v) is 3.62. The fraction of sp³-hybridized carbons (Fsp3) is 0.765. The van der Waals surface area contributed by atoms with Crippen molar-refractivity contribution in [2.45, 2.75) is 52.4 Å². The largest absolute Gasteiger partial charge is 0.444 e. The summed E-state index contributed by atoms with van der Waals surface area (Å²) in [5.41, 5.74) is -0.493. The Morgan fingerprint density at radius 2 is 1.61 bits per heavy atom. The van der Waals surface area contributed by atoms with E-state index in [1.165, 1.54) is 0 Å². The molecular formula is C17H26N2O4. The molecule has 2 saturated heterocycles. The van der Waals surface area contributed by atoms with Gasteiger partial charge in [0.05, 0.1) is 18.1 Å². The van der Waals surface area contributed by atoms with Gasteiger partial charge in [0, 0.05) is 26.2 Å². The van der Waals surface area contributed by atoms with Gasteiger partial charge in [0.1, 0.15) is 5.60 Å². The molecule has 2 amide bonds. The Kier molecular flexibility index (Phi) is 5.20. The number of hydrogen-bond acceptors (Lipinski definition) is 4. The van der Waals surface area contributed by atoms with Gasteiger partial charge in [0.2, 0.25) is 0 Å². The van der Waals surface area contributed by atoms with E-state index in [1.54, 1.807) is 9.80 Å². The molecule has 0 radical (unpaired) electrons. The predicted octanol–water partition coefficient (Wildman–Crippen LogP) is 1.49. The summed E-state index contributed by atoms with van der Waals surface area (Å²) in [5.74, 6) is 5.55. The molecule has 0 aromatic heterocycles. The minimum absolute atomic E-state index is 0.0378. The minimum Gasteiger partial charge on any atom is -0.444 e. The molecule has 2 fully saturated rings. The molecule has 2 heterocycles. The predicted molar refractivity (Wildman–Crippen MR) is 85.7 cm³/mol. The molecule has 0 aliphatic carbocycles. The maximum absolute atomic E-state index is 12.1. The zero-order valence-electron chi connectivity index (χ0n) is 14.6. The third kappa shape index (κ3) is 5.14. The molecule has 128 valence electrons. The zero-order chi connectivity index (χ0) is 17.2. The quantitative estimate of drug-likeness (QED) is 0.634. The van der Waals surface area contributed by atoms with E-state index in [2.05, 4.69) is 11.8 Å². The summed E-state index contributed by atoms with van der Waals surface area (Å²) >= 11 is 0. The van der Waals surface area contributed by atoms with E-state index in [0.29, 0.717) is 26.2 Å². The lowest BCUT2D eigenvalue weighted by atomic mass is 10.0. The number of likely N-dealkylation sites (tertiary alicyclic amines) is 1. The van der Waals surface area contributed by atoms with Crippen LogP contribution in [0.1, 0.15) is 34.6 Å². The van der Waals surface area contributed by atoms with Gasteiger partial charge >= 0.3 is 6.09 Å². The highest BCUT2D eigenvalue weighted by atomic mass is 16.6. The van der Waals surface area contributed by atoms with Crippen LogP contribution in [-0.4, -0.2) is 65.8 Å². The molecule has 6 nitrogen and oxygen atoms in total. The lowest BCUT2D eigenvalue weighted by molar-refractivity contribution is -0.137. The molecule has 2 aliphatic rings. The van der Waals surface area contributed by atoms with Crippen LogP contribution in [0, 0.1) is 17.8 Å². The standard InChI is InChI=1S/C17H26N2O4/c1-12-8-18(9-13(2)22-12)15(20)7-6-14-10-19(11-14)16(21)23-17(3,4)5/h12-14H,8-11H2,1-5H3/t12-,13+. The fourth-order valence-corrected chi connectivity index (χ4v) is 2.63. The highest BCUT2D eigenvalue weighted by Gasteiger charge is 2.33. The number of ether oxygens (including phenoxy) is 2. The van der Waals surface area contributed by atoms with E-state index < -0.39 is 5.60 Å². The van der Waals surface area contributed by atoms with Crippen molar-refractivity contribution < 1.29 is 19.1 Å². The smallest absolute Gasteiger partial charge is 0.410 e. The molecule has 0 saturated carbocycles. The van der Waals surface area contributed by atoms with E-state index in [1.807, 2.05) is 34.6 Å². The van der Waals surface area contributed by atoms with Gasteiger partial charge in [-0.1, -0.05) is 5.92 Å². The summed E-state index contributed by atoms with van der Waals surface area (Å²) in [6.45, 7) is 11.6. The minimum atomic E-state index is -0.493. The molecule has 2 atom stereocenters. The van der Waals surface area contributed by atoms with Gasteiger partial charge in [0.25, 0.3) is 5.91 Å². The lowest BCUT2D eigenvalue weighted by Crippen LogP contribution is -2.51. The van der Waals surface area contributed by atoms with Gasteiger partial charge in [-0.15, -0.1) is 0 Å². The van der Waals surface area contributed by atoms with Crippen molar-refractivity contribution in [1.82, 2.24) is 9.80 Å². The maximum Gasteiger partial charge on any atom is 0.410 e. The first-order valence-electron chi connectivity index (χ1n) is 8.08. The second kappa shape index (κ2) is 6.79. The maximum atomic E-state index is 12.1. The van der Waals surface area contributed by atoms with E-state index in [9.17, 15) is 9.59 Å². The Balaban J connectivity index is 1.78. The van der Waals surface area contributed by atoms with Crippen LogP contribution >= 0.6 is 0 Å². The molecule has 6 heteroatoms. The molecule has 23 heavy (non-hydrogen) atoms. The van der Waals surface area contributed by atoms with Crippen LogP contribution in [0.2, 0.25) is 0 Å². The average molecular weight is 322 g/mol. The second-order valence-electron chi connectivity index (χ2n) is 7.32. The number of nitrogens with zero attached hydrogens (tertiary/aromatic N) is 2. The Labute approximate surface area is 138 Å². The molecule has 2 rings (SSSR count). The van der Waals surface area contributed by atoms with Crippen LogP contribution in [0.3, 0.4) is 0 Å². The molecule has 0 unspecified atom stereocenters. The van der Waals surface area contributed by atoms with Gasteiger partial charge in [-0.2, -0.15) is 0 Å². The summed E-state index contributed by atoms with van der Waals surface area (Å²) in [5, 5.41) is 0. The lowest BCUT2D eigenvalue weighted by Gasteiger charge is -2.37. The molecule has 0 aromatic rings. The van der Waals surface area contributed by atoms with Gasteiger partial charge in [-0.25, -0.2) is 4.79 Å². The Bertz CT molecular complexity index is 513. The normalized spacial score (nSPS) is 25.3. The van der Waals surface area contributed by atoms with E-state index >= 15 is 0 Å². The highest BCUT2D eigenvalue weighted by molar-refractivity contribution is 5.93. The Hall–Kier alpha value is -1.74. The van der Waals surface area contributed by atoms with Crippen LogP contribution < -0.4 is 0 Å². The van der Waals surface area contributed by atoms with Gasteiger partial charge in [-0.05, 0) is 40.5 Å². The van der Waals surface area contributed by atoms with Crippen molar-refractivity contribution in [2.24, 2.45) is 5.92 Å². The summed E-state index contributed by atoms with van der Waals surface area (Å²) in [4.78, 5) is 27.3. The van der Waals surface area contributed by atoms with Gasteiger partial charge < -0.3 is 19.3 Å². The van der Waals surface area contributed by atoms with Crippen LogP contribution in [0.15, 0.2) is 0 Å². The molecular weight excluding hydrogens is 296 g/mol. The van der Waals surface area contributed by atoms with E-state index in [-0.39, 0.29) is 30.1 Å². The molecule has 0 aromatic carbocycles. The first-order chi connectivity index (χ1) is 10.6. The SMILES string of the molecule is C[C@@H]1CN(C(=O)C#CC2CN(C(=O)OC(C)(C)C)C2)C[C@H](C)O1. The van der Waals surface area contributed by atoms with Gasteiger partial charge in [-0.3, -0.25) is 4.79 Å². The summed E-state index contributed by atoms with van der Waals surface area (Å²) in [7, 11) is 0. The number of morpholine rings is 1. The van der Waals surface area contributed by atoms with Crippen LogP contribution in [0.5, 0.6) is 0 Å². The van der Waals surface area contributed by atoms with E-state index in [4.69, 9.17) is 9.47 Å². The van der Waals surface area contributed by atoms with Crippen molar-refractivity contribution in [3.63, 3.8) is 0 Å². The molecule has 0 spiro atoms. The van der Waals surface area contributed by atoms with Crippen LogP contribution in [0.25, 0.3) is 0 Å². The topological polar surface area (TPSA) is 59.1 Å². The number of carbonyl (C=O) groups is 2. The monoisotopic (exact) mass is 322 g/mol. The summed E-state index contributed by atoms with van der Waals surface area (Å²) in [6.07, 6.45) is -0.246. The van der Waals surface area contributed by atoms with Crippen molar-refractivity contribution >= 4 is 12.0 Å². The Morgan fingerprint density at radius 3 is 2.13 bits per heavy atom. The molecule has 0 bridgehead atoms. The van der Waals surface area contributed by atoms with Crippen LogP contribution in [0.4, 0.5) is 4.79 Å². The van der Waals surface area contributed by atoms with Crippen molar-refractivity contribution in [2.75, 3.05) is 26.2 Å². The van der Waals surface area contributed by atoms with Gasteiger partial charge in [0.15, 0.2) is 0 Å². The first kappa shape index (κ1) is 17.6. The first-order valence-corrected chi connectivity index (χ1v) is 8.08. The number of amides is 2. The molecule has 0 N–H and O–H groups in total. The summed E-state index contributed by atoms with van der Waals surface area (Å²) < 4.78 is 10.9. The number of rotatable bonds is 0. The second-order valence-corrected chi connectivity index (χ2v) is 7.32. The Morgan fingerprint density at radius 1 is 1.04 bits per heavy atom. The van der Waals surface area contributed by atoms with Crippen molar-refractivity contribution in [3.8, 4) is 11.8 Å². The third-order valence-electron chi connectivity index (χ3n) is 3.62. The summed E-state index contributed by atoms with van der Waals surface area (Å²) in [6, 6.07) is 0. The fourth-order valence-electron chi connectivity index (χ4n) is 2.63. The highest BCUT2D eigenvalue weighted by Crippen LogP contribution is 2.19. The zero-order valence-corrected chi connectivity index (χ0v) is 14.6. The number of carbonyl (C=O) groups excluding carboxylic acids is 2. The number of hydrogen-bond donors (Lipinski definition) is 0. The van der Waals surface area contributed by atoms with Crippen molar-refractivity contribution in [3.05, 3.63) is 0 Å². The average Bonchev–Trinajstić information content (AvgIpc) is 2.33. The van der Waals surface area contributed by atoms with Crippen LogP contribution in [-0.2, 0) is 14.3 Å². The van der Waals surface area contributed by atoms with E-state index in [0.717, 1.165) is 0 Å². The molecule has 2 aliphatic heterocycles. The van der Waals surface area contributed by atoms with Crippen molar-refractivity contribution in [1.29, 1.82) is 0 Å².